The molecule has 2 rings (SSSR count). The van der Waals surface area contributed by atoms with Gasteiger partial charge in [0.05, 0.1) is 11.5 Å². The van der Waals surface area contributed by atoms with E-state index in [9.17, 15) is 10.1 Å². The van der Waals surface area contributed by atoms with Crippen LogP contribution >= 0.6 is 0 Å². The van der Waals surface area contributed by atoms with Crippen LogP contribution in [0.15, 0.2) is 53.1 Å². The molecule has 90 valence electrons. The molecule has 0 atom stereocenters. The second kappa shape index (κ2) is 5.58. The molecule has 0 aromatic carbocycles. The van der Waals surface area contributed by atoms with Gasteiger partial charge in [0.1, 0.15) is 6.20 Å². The molecule has 0 aliphatic rings. The van der Waals surface area contributed by atoms with Gasteiger partial charge in [-0.2, -0.15) is 5.11 Å². The SMILES string of the molecule is O=[N+]([O-])c1ccc(N=NCc2ccncc2)nc1. The van der Waals surface area contributed by atoms with Crippen molar-refractivity contribution in [2.24, 2.45) is 10.2 Å². The van der Waals surface area contributed by atoms with Gasteiger partial charge in [-0.25, -0.2) is 4.98 Å². The predicted molar refractivity (Wildman–Crippen MR) is 63.3 cm³/mol. The Bertz CT molecular complexity index is 553. The molecule has 7 heteroatoms. The molecule has 0 saturated heterocycles. The minimum Gasteiger partial charge on any atom is -0.265 e. The smallest absolute Gasteiger partial charge is 0.265 e. The van der Waals surface area contributed by atoms with E-state index in [1.807, 2.05) is 12.1 Å². The van der Waals surface area contributed by atoms with Crippen molar-refractivity contribution >= 4 is 11.5 Å². The zero-order valence-electron chi connectivity index (χ0n) is 9.30. The molecule has 0 aliphatic heterocycles. The lowest BCUT2D eigenvalue weighted by atomic mass is 10.3. The molecule has 0 bridgehead atoms. The van der Waals surface area contributed by atoms with Crippen molar-refractivity contribution in [1.29, 1.82) is 0 Å². The first-order valence-electron chi connectivity index (χ1n) is 5.12. The molecule has 0 spiro atoms. The van der Waals surface area contributed by atoms with Crippen molar-refractivity contribution in [2.45, 2.75) is 6.54 Å². The molecule has 2 heterocycles. The van der Waals surface area contributed by atoms with Crippen molar-refractivity contribution in [1.82, 2.24) is 9.97 Å². The fraction of sp³-hybridized carbons (Fsp3) is 0.0909. The van der Waals surface area contributed by atoms with Crippen LogP contribution in [0.5, 0.6) is 0 Å². The molecule has 7 nitrogen and oxygen atoms in total. The maximum absolute atomic E-state index is 10.4. The van der Waals surface area contributed by atoms with Crippen molar-refractivity contribution in [3.8, 4) is 0 Å². The summed E-state index contributed by atoms with van der Waals surface area (Å²) in [6.07, 6.45) is 4.50. The summed E-state index contributed by atoms with van der Waals surface area (Å²) in [7, 11) is 0. The first-order chi connectivity index (χ1) is 8.75. The maximum Gasteiger partial charge on any atom is 0.287 e. The van der Waals surface area contributed by atoms with Crippen molar-refractivity contribution in [3.63, 3.8) is 0 Å². The van der Waals surface area contributed by atoms with E-state index < -0.39 is 4.92 Å². The van der Waals surface area contributed by atoms with Gasteiger partial charge in [0.15, 0.2) is 5.82 Å². The molecule has 18 heavy (non-hydrogen) atoms. The predicted octanol–water partition coefficient (Wildman–Crippen LogP) is 2.67. The molecule has 0 saturated carbocycles. The topological polar surface area (TPSA) is 93.6 Å². The third-order valence-electron chi connectivity index (χ3n) is 2.12. The zero-order valence-corrected chi connectivity index (χ0v) is 9.30. The largest absolute Gasteiger partial charge is 0.287 e. The van der Waals surface area contributed by atoms with Gasteiger partial charge in [0, 0.05) is 18.5 Å². The normalized spacial score (nSPS) is 10.7. The van der Waals surface area contributed by atoms with Crippen LogP contribution in [0.3, 0.4) is 0 Å². The van der Waals surface area contributed by atoms with Gasteiger partial charge < -0.3 is 0 Å². The standard InChI is InChI=1S/C11H9N5O2/c17-16(18)10-1-2-11(13-8-10)15-14-7-9-3-5-12-6-4-9/h1-6,8H,7H2. The molecule has 2 aromatic heterocycles. The number of hydrogen-bond acceptors (Lipinski definition) is 6. The van der Waals surface area contributed by atoms with Crippen LogP contribution in [0.25, 0.3) is 0 Å². The fourth-order valence-corrected chi connectivity index (χ4v) is 1.22. The average Bonchev–Trinajstić information content (AvgIpc) is 2.40. The van der Waals surface area contributed by atoms with Gasteiger partial charge in [0.25, 0.3) is 5.69 Å². The van der Waals surface area contributed by atoms with E-state index >= 15 is 0 Å². The lowest BCUT2D eigenvalue weighted by Gasteiger charge is -1.94. The molecule has 0 amide bonds. The third kappa shape index (κ3) is 3.14. The molecular weight excluding hydrogens is 234 g/mol. The summed E-state index contributed by atoms with van der Waals surface area (Å²) in [6, 6.07) is 6.46. The molecule has 0 aliphatic carbocycles. The summed E-state index contributed by atoms with van der Waals surface area (Å²) in [5.41, 5.74) is 0.916. The average molecular weight is 243 g/mol. The van der Waals surface area contributed by atoms with E-state index in [4.69, 9.17) is 0 Å². The Morgan fingerprint density at radius 2 is 2.00 bits per heavy atom. The van der Waals surface area contributed by atoms with Gasteiger partial charge in [-0.3, -0.25) is 15.1 Å². The number of nitrogens with zero attached hydrogens (tertiary/aromatic N) is 5. The van der Waals surface area contributed by atoms with Crippen molar-refractivity contribution in [2.75, 3.05) is 0 Å². The Labute approximate surface area is 102 Å². The zero-order chi connectivity index (χ0) is 12.8. The highest BCUT2D eigenvalue weighted by Gasteiger charge is 2.04. The van der Waals surface area contributed by atoms with E-state index in [0.717, 1.165) is 11.8 Å². The van der Waals surface area contributed by atoms with Gasteiger partial charge >= 0.3 is 0 Å². The van der Waals surface area contributed by atoms with E-state index in [-0.39, 0.29) is 5.69 Å². The van der Waals surface area contributed by atoms with Crippen LogP contribution in [0, 0.1) is 10.1 Å². The summed E-state index contributed by atoms with van der Waals surface area (Å²) >= 11 is 0. The number of hydrogen-bond donors (Lipinski definition) is 0. The quantitative estimate of drug-likeness (QED) is 0.468. The molecule has 0 N–H and O–H groups in total. The number of rotatable bonds is 4. The summed E-state index contributed by atoms with van der Waals surface area (Å²) in [6.45, 7) is 0.418. The van der Waals surface area contributed by atoms with Crippen LogP contribution in [0.4, 0.5) is 11.5 Å². The van der Waals surface area contributed by atoms with Crippen LogP contribution in [0.1, 0.15) is 5.56 Å². The number of aromatic nitrogens is 2. The minimum atomic E-state index is -0.509. The Kier molecular flexibility index (Phi) is 3.65. The number of azo groups is 1. The number of pyridine rings is 2. The van der Waals surface area contributed by atoms with Crippen LogP contribution in [0.2, 0.25) is 0 Å². The number of nitro groups is 1. The second-order valence-electron chi connectivity index (χ2n) is 3.39. The van der Waals surface area contributed by atoms with Crippen LogP contribution in [-0.4, -0.2) is 14.9 Å². The molecular formula is C11H9N5O2. The highest BCUT2D eigenvalue weighted by Crippen LogP contribution is 2.14. The lowest BCUT2D eigenvalue weighted by molar-refractivity contribution is -0.385. The lowest BCUT2D eigenvalue weighted by Crippen LogP contribution is -1.87. The van der Waals surface area contributed by atoms with Crippen LogP contribution < -0.4 is 0 Å². The van der Waals surface area contributed by atoms with Crippen molar-refractivity contribution in [3.05, 3.63) is 58.5 Å². The Morgan fingerprint density at radius 3 is 2.61 bits per heavy atom. The van der Waals surface area contributed by atoms with Gasteiger partial charge in [-0.05, 0) is 23.8 Å². The second-order valence-corrected chi connectivity index (χ2v) is 3.39. The first kappa shape index (κ1) is 11.8. The van der Waals surface area contributed by atoms with E-state index in [1.165, 1.54) is 12.1 Å². The summed E-state index contributed by atoms with van der Waals surface area (Å²) in [5.74, 6) is 0.342. The maximum atomic E-state index is 10.4. The Morgan fingerprint density at radius 1 is 1.22 bits per heavy atom. The molecule has 0 unspecified atom stereocenters. The third-order valence-corrected chi connectivity index (χ3v) is 2.12. The summed E-state index contributed by atoms with van der Waals surface area (Å²) in [5, 5.41) is 18.2. The molecule has 0 fully saturated rings. The van der Waals surface area contributed by atoms with Gasteiger partial charge in [-0.15, -0.1) is 5.11 Å². The summed E-state index contributed by atoms with van der Waals surface area (Å²) < 4.78 is 0. The Balaban J connectivity index is 1.99. The van der Waals surface area contributed by atoms with E-state index in [1.54, 1.807) is 12.4 Å². The first-order valence-corrected chi connectivity index (χ1v) is 5.12. The summed E-state index contributed by atoms with van der Waals surface area (Å²) in [4.78, 5) is 17.6. The van der Waals surface area contributed by atoms with Crippen LogP contribution in [-0.2, 0) is 6.54 Å². The monoisotopic (exact) mass is 243 g/mol. The minimum absolute atomic E-state index is 0.0666. The Hall–Kier alpha value is -2.70. The van der Waals surface area contributed by atoms with Gasteiger partial charge in [0.2, 0.25) is 0 Å². The fourth-order valence-electron chi connectivity index (χ4n) is 1.22. The molecule has 0 radical (unpaired) electrons. The van der Waals surface area contributed by atoms with Gasteiger partial charge in [-0.1, -0.05) is 0 Å². The molecule has 2 aromatic rings. The van der Waals surface area contributed by atoms with E-state index in [0.29, 0.717) is 12.4 Å². The highest BCUT2D eigenvalue weighted by molar-refractivity contribution is 5.35. The van der Waals surface area contributed by atoms with Crippen molar-refractivity contribution < 1.29 is 4.92 Å². The van der Waals surface area contributed by atoms with E-state index in [2.05, 4.69) is 20.2 Å². The highest BCUT2D eigenvalue weighted by atomic mass is 16.6.